The van der Waals surface area contributed by atoms with E-state index in [1.165, 1.54) is 16.8 Å². The van der Waals surface area contributed by atoms with Crippen molar-refractivity contribution in [3.63, 3.8) is 0 Å². The summed E-state index contributed by atoms with van der Waals surface area (Å²) in [6.45, 7) is 5.98. The number of nitrogens with zero attached hydrogens (tertiary/aromatic N) is 2. The van der Waals surface area contributed by atoms with Crippen LogP contribution in [0.3, 0.4) is 0 Å². The molecule has 2 atom stereocenters. The number of benzene rings is 1. The number of hydrogen-bond donors (Lipinski definition) is 2. The maximum atomic E-state index is 13.1. The van der Waals surface area contributed by atoms with Gasteiger partial charge in [-0.2, -0.15) is 0 Å². The van der Waals surface area contributed by atoms with Gasteiger partial charge in [-0.3, -0.25) is 4.79 Å². The number of aromatic nitrogens is 1. The molecule has 1 aliphatic carbocycles. The highest BCUT2D eigenvalue weighted by Gasteiger charge is 2.48. The van der Waals surface area contributed by atoms with Crippen LogP contribution in [0.1, 0.15) is 52.1 Å². The molecule has 2 aromatic rings. The Morgan fingerprint density at radius 3 is 2.79 bits per heavy atom. The van der Waals surface area contributed by atoms with E-state index in [4.69, 9.17) is 0 Å². The summed E-state index contributed by atoms with van der Waals surface area (Å²) in [6, 6.07) is 7.85. The first-order valence-corrected chi connectivity index (χ1v) is 11.0. The van der Waals surface area contributed by atoms with Crippen LogP contribution < -0.4 is 0 Å². The number of likely N-dealkylation sites (tertiary alicyclic amines) is 2. The van der Waals surface area contributed by atoms with Gasteiger partial charge in [0, 0.05) is 30.7 Å². The molecule has 2 aliphatic heterocycles. The molecule has 2 saturated heterocycles. The summed E-state index contributed by atoms with van der Waals surface area (Å²) < 4.78 is 0. The second-order valence-electron chi connectivity index (χ2n) is 9.38. The van der Waals surface area contributed by atoms with E-state index in [0.29, 0.717) is 11.7 Å². The number of amides is 1. The topological polar surface area (TPSA) is 59.6 Å². The lowest BCUT2D eigenvalue weighted by Gasteiger charge is -2.50. The smallest absolute Gasteiger partial charge is 0.270 e. The Labute approximate surface area is 172 Å². The van der Waals surface area contributed by atoms with Crippen molar-refractivity contribution in [2.24, 2.45) is 5.92 Å². The molecule has 1 aromatic carbocycles. The van der Waals surface area contributed by atoms with E-state index in [-0.39, 0.29) is 11.3 Å². The highest BCUT2D eigenvalue weighted by molar-refractivity contribution is 5.94. The molecule has 3 aliphatic rings. The minimum absolute atomic E-state index is 0.0174. The van der Waals surface area contributed by atoms with E-state index in [0.717, 1.165) is 69.5 Å². The summed E-state index contributed by atoms with van der Waals surface area (Å²) in [7, 11) is 2.20. The SMILES string of the molecule is Cc1c(C(=O)N2CCCC2)[nH]c2c1C[C@H]1CN(C)CC[C@]1(c1cccc(O)c1)C2. The fraction of sp³-hybridized carbons (Fsp3) is 0.542. The number of hydrogen-bond acceptors (Lipinski definition) is 3. The Balaban J connectivity index is 1.56. The zero-order chi connectivity index (χ0) is 20.2. The minimum Gasteiger partial charge on any atom is -0.508 e. The number of aromatic amines is 1. The minimum atomic E-state index is 0.0174. The number of H-pyrrole nitrogens is 1. The number of rotatable bonds is 2. The molecule has 5 heteroatoms. The van der Waals surface area contributed by atoms with Crippen LogP contribution in [0.5, 0.6) is 5.75 Å². The van der Waals surface area contributed by atoms with Crippen molar-refractivity contribution in [2.75, 3.05) is 33.2 Å². The number of aromatic hydroxyl groups is 1. The van der Waals surface area contributed by atoms with Gasteiger partial charge in [-0.25, -0.2) is 0 Å². The van der Waals surface area contributed by atoms with Crippen LogP contribution in [0.15, 0.2) is 24.3 Å². The third-order valence-corrected chi connectivity index (χ3v) is 7.69. The van der Waals surface area contributed by atoms with Crippen LogP contribution in [0.25, 0.3) is 0 Å². The van der Waals surface area contributed by atoms with E-state index < -0.39 is 0 Å². The van der Waals surface area contributed by atoms with Crippen molar-refractivity contribution in [3.05, 3.63) is 52.3 Å². The number of phenolic OH excluding ortho intramolecular Hbond substituents is 1. The van der Waals surface area contributed by atoms with Gasteiger partial charge in [-0.15, -0.1) is 0 Å². The molecule has 29 heavy (non-hydrogen) atoms. The van der Waals surface area contributed by atoms with Crippen molar-refractivity contribution in [2.45, 2.75) is 44.4 Å². The van der Waals surface area contributed by atoms with E-state index in [2.05, 4.69) is 29.9 Å². The molecular weight excluding hydrogens is 362 g/mol. The zero-order valence-electron chi connectivity index (χ0n) is 17.5. The van der Waals surface area contributed by atoms with Crippen LogP contribution in [0.4, 0.5) is 0 Å². The Morgan fingerprint density at radius 2 is 2.03 bits per heavy atom. The third-order valence-electron chi connectivity index (χ3n) is 7.69. The van der Waals surface area contributed by atoms with E-state index >= 15 is 0 Å². The average Bonchev–Trinajstić information content (AvgIpc) is 3.35. The predicted molar refractivity (Wildman–Crippen MR) is 113 cm³/mol. The lowest BCUT2D eigenvalue weighted by Crippen LogP contribution is -2.52. The van der Waals surface area contributed by atoms with Crippen LogP contribution in [0, 0.1) is 12.8 Å². The van der Waals surface area contributed by atoms with Gasteiger partial charge in [-0.1, -0.05) is 12.1 Å². The maximum absolute atomic E-state index is 13.1. The van der Waals surface area contributed by atoms with Crippen molar-refractivity contribution in [3.8, 4) is 5.75 Å². The predicted octanol–water partition coefficient (Wildman–Crippen LogP) is 3.25. The standard InChI is InChI=1S/C24H31N3O2/c1-16-20-13-18-15-26(2)11-8-24(18,17-6-5-7-19(28)12-17)14-21(20)25-22(16)23(29)27-9-3-4-10-27/h5-7,12,18,25,28H,3-4,8-11,13-15H2,1-2H3/t18-,24+/m0/s1. The van der Waals surface area contributed by atoms with Gasteiger partial charge in [-0.05, 0) is 87.4 Å². The monoisotopic (exact) mass is 393 g/mol. The fourth-order valence-corrected chi connectivity index (χ4v) is 6.01. The summed E-state index contributed by atoms with van der Waals surface area (Å²) in [6.07, 6.45) is 5.20. The van der Waals surface area contributed by atoms with E-state index in [1.807, 2.05) is 17.0 Å². The zero-order valence-corrected chi connectivity index (χ0v) is 17.5. The van der Waals surface area contributed by atoms with Gasteiger partial charge in [0.1, 0.15) is 11.4 Å². The van der Waals surface area contributed by atoms with Crippen LogP contribution in [0.2, 0.25) is 0 Å². The molecule has 0 saturated carbocycles. The summed E-state index contributed by atoms with van der Waals surface area (Å²) in [5.41, 5.74) is 5.78. The number of carbonyl (C=O) groups excluding carboxylic acids is 1. The molecule has 154 valence electrons. The summed E-state index contributed by atoms with van der Waals surface area (Å²) in [4.78, 5) is 21.1. The number of carbonyl (C=O) groups is 1. The van der Waals surface area contributed by atoms with Gasteiger partial charge in [0.15, 0.2) is 0 Å². The molecule has 1 aromatic heterocycles. The van der Waals surface area contributed by atoms with Gasteiger partial charge < -0.3 is 19.9 Å². The summed E-state index contributed by atoms with van der Waals surface area (Å²) in [5.74, 6) is 0.994. The number of fused-ring (bicyclic) bond motifs is 2. The molecule has 0 spiro atoms. The van der Waals surface area contributed by atoms with E-state index in [1.54, 1.807) is 6.07 Å². The van der Waals surface area contributed by atoms with Crippen LogP contribution in [-0.4, -0.2) is 59.0 Å². The second-order valence-corrected chi connectivity index (χ2v) is 9.38. The first kappa shape index (κ1) is 18.7. The summed E-state index contributed by atoms with van der Waals surface area (Å²) in [5, 5.41) is 10.2. The molecular formula is C24H31N3O2. The normalized spacial score (nSPS) is 27.0. The molecule has 2 fully saturated rings. The molecule has 5 nitrogen and oxygen atoms in total. The lowest BCUT2D eigenvalue weighted by atomic mass is 9.58. The van der Waals surface area contributed by atoms with Gasteiger partial charge in [0.25, 0.3) is 5.91 Å². The van der Waals surface area contributed by atoms with E-state index in [9.17, 15) is 9.90 Å². The quantitative estimate of drug-likeness (QED) is 0.823. The fourth-order valence-electron chi connectivity index (χ4n) is 6.01. The second kappa shape index (κ2) is 6.91. The molecule has 2 N–H and O–H groups in total. The van der Waals surface area contributed by atoms with Crippen molar-refractivity contribution >= 4 is 5.91 Å². The number of piperidine rings is 1. The number of phenols is 1. The van der Waals surface area contributed by atoms with Gasteiger partial charge in [0.2, 0.25) is 0 Å². The molecule has 1 amide bonds. The summed E-state index contributed by atoms with van der Waals surface area (Å²) >= 11 is 0. The lowest BCUT2D eigenvalue weighted by molar-refractivity contribution is 0.0786. The maximum Gasteiger partial charge on any atom is 0.270 e. The van der Waals surface area contributed by atoms with Crippen molar-refractivity contribution in [1.82, 2.24) is 14.8 Å². The van der Waals surface area contributed by atoms with Crippen molar-refractivity contribution in [1.29, 1.82) is 0 Å². The molecule has 5 rings (SSSR count). The first-order valence-electron chi connectivity index (χ1n) is 11.0. The first-order chi connectivity index (χ1) is 14.0. The average molecular weight is 394 g/mol. The molecule has 0 bridgehead atoms. The van der Waals surface area contributed by atoms with Crippen molar-refractivity contribution < 1.29 is 9.90 Å². The highest BCUT2D eigenvalue weighted by Crippen LogP contribution is 2.49. The Hall–Kier alpha value is -2.27. The molecule has 0 unspecified atom stereocenters. The number of nitrogens with one attached hydrogen (secondary N) is 1. The third kappa shape index (κ3) is 2.98. The Morgan fingerprint density at radius 1 is 1.24 bits per heavy atom. The Bertz CT molecular complexity index is 944. The van der Waals surface area contributed by atoms with Gasteiger partial charge in [0.05, 0.1) is 0 Å². The largest absolute Gasteiger partial charge is 0.508 e. The highest BCUT2D eigenvalue weighted by atomic mass is 16.3. The van der Waals surface area contributed by atoms with Crippen LogP contribution >= 0.6 is 0 Å². The van der Waals surface area contributed by atoms with Crippen LogP contribution in [-0.2, 0) is 18.3 Å². The Kier molecular flexibility index (Phi) is 4.46. The molecule has 0 radical (unpaired) electrons. The van der Waals surface area contributed by atoms with Gasteiger partial charge >= 0.3 is 0 Å². The molecule has 3 heterocycles.